The Hall–Kier alpha value is -3.69. The summed E-state index contributed by atoms with van der Waals surface area (Å²) in [5.74, 6) is 0.228. The van der Waals surface area contributed by atoms with Crippen LogP contribution in [-0.2, 0) is 19.6 Å². The molecule has 0 aromatic heterocycles. The van der Waals surface area contributed by atoms with E-state index in [1.165, 1.54) is 38.1 Å². The Bertz CT molecular complexity index is 1240. The molecule has 3 N–H and O–H groups in total. The lowest BCUT2D eigenvalue weighted by Gasteiger charge is -2.17. The summed E-state index contributed by atoms with van der Waals surface area (Å²) in [5, 5.41) is 5.27. The van der Waals surface area contributed by atoms with Crippen LogP contribution in [0.25, 0.3) is 0 Å². The predicted octanol–water partition coefficient (Wildman–Crippen LogP) is 4.05. The van der Waals surface area contributed by atoms with Crippen molar-refractivity contribution in [2.75, 3.05) is 10.6 Å². The van der Waals surface area contributed by atoms with Crippen LogP contribution in [0.5, 0.6) is 11.5 Å². The minimum atomic E-state index is -3.96. The summed E-state index contributed by atoms with van der Waals surface area (Å²) in [6.45, 7) is 4.77. The molecule has 0 heterocycles. The molecule has 3 rings (SSSR count). The maximum atomic E-state index is 12.7. The van der Waals surface area contributed by atoms with Gasteiger partial charge in [0, 0.05) is 12.6 Å². The quantitative estimate of drug-likeness (QED) is 0.463. The average Bonchev–Trinajstić information content (AvgIpc) is 2.76. The number of nitrogens with one attached hydrogen (secondary N) is 3. The summed E-state index contributed by atoms with van der Waals surface area (Å²) in [4.78, 5) is 23.8. The molecule has 0 bridgehead atoms. The van der Waals surface area contributed by atoms with Crippen molar-refractivity contribution in [1.29, 1.82) is 0 Å². The highest BCUT2D eigenvalue weighted by atomic mass is 32.2. The van der Waals surface area contributed by atoms with Crippen molar-refractivity contribution in [3.05, 3.63) is 78.4 Å². The summed E-state index contributed by atoms with van der Waals surface area (Å²) < 4.78 is 33.6. The van der Waals surface area contributed by atoms with E-state index in [4.69, 9.17) is 4.74 Å². The van der Waals surface area contributed by atoms with E-state index < -0.39 is 22.0 Å². The first-order valence-electron chi connectivity index (χ1n) is 10.2. The first kappa shape index (κ1) is 24.0. The lowest BCUT2D eigenvalue weighted by Crippen LogP contribution is -2.41. The third-order valence-electron chi connectivity index (χ3n) is 4.60. The number of amides is 2. The van der Waals surface area contributed by atoms with E-state index in [0.29, 0.717) is 22.9 Å². The molecule has 2 amide bonds. The van der Waals surface area contributed by atoms with Gasteiger partial charge in [-0.2, -0.15) is 4.72 Å². The normalized spacial score (nSPS) is 12.0. The molecule has 0 aliphatic rings. The Labute approximate surface area is 193 Å². The van der Waals surface area contributed by atoms with E-state index >= 15 is 0 Å². The van der Waals surface area contributed by atoms with Crippen molar-refractivity contribution in [1.82, 2.24) is 4.72 Å². The van der Waals surface area contributed by atoms with Gasteiger partial charge in [-0.25, -0.2) is 8.42 Å². The monoisotopic (exact) mass is 467 g/mol. The number of hydrogen-bond acceptors (Lipinski definition) is 5. The summed E-state index contributed by atoms with van der Waals surface area (Å²) >= 11 is 0. The molecule has 1 atom stereocenters. The van der Waals surface area contributed by atoms with Crippen LogP contribution in [0.3, 0.4) is 0 Å². The molecule has 33 heavy (non-hydrogen) atoms. The van der Waals surface area contributed by atoms with Gasteiger partial charge in [-0.1, -0.05) is 29.8 Å². The zero-order valence-corrected chi connectivity index (χ0v) is 19.3. The fourth-order valence-electron chi connectivity index (χ4n) is 2.91. The van der Waals surface area contributed by atoms with Gasteiger partial charge in [0.2, 0.25) is 21.8 Å². The molecule has 8 nitrogen and oxygen atoms in total. The summed E-state index contributed by atoms with van der Waals surface area (Å²) in [6, 6.07) is 18.9. The van der Waals surface area contributed by atoms with Crippen LogP contribution in [-0.4, -0.2) is 26.3 Å². The highest BCUT2D eigenvalue weighted by molar-refractivity contribution is 7.89. The largest absolute Gasteiger partial charge is 0.455 e. The molecular weight excluding hydrogens is 442 g/mol. The second-order valence-electron chi connectivity index (χ2n) is 7.45. The van der Waals surface area contributed by atoms with Crippen LogP contribution >= 0.6 is 0 Å². The van der Waals surface area contributed by atoms with Gasteiger partial charge in [-0.15, -0.1) is 0 Å². The van der Waals surface area contributed by atoms with Crippen molar-refractivity contribution in [3.63, 3.8) is 0 Å². The zero-order chi connectivity index (χ0) is 24.0. The van der Waals surface area contributed by atoms with Crippen molar-refractivity contribution >= 4 is 33.2 Å². The van der Waals surface area contributed by atoms with E-state index in [2.05, 4.69) is 15.4 Å². The second-order valence-corrected chi connectivity index (χ2v) is 9.16. The first-order chi connectivity index (χ1) is 15.6. The third kappa shape index (κ3) is 6.64. The smallest absolute Gasteiger partial charge is 0.242 e. The maximum absolute atomic E-state index is 12.7. The van der Waals surface area contributed by atoms with Gasteiger partial charge >= 0.3 is 0 Å². The number of carbonyl (C=O) groups excluding carboxylic acids is 2. The topological polar surface area (TPSA) is 114 Å². The molecule has 0 aliphatic carbocycles. The van der Waals surface area contributed by atoms with E-state index in [0.717, 1.165) is 5.56 Å². The van der Waals surface area contributed by atoms with Crippen LogP contribution in [0, 0.1) is 6.92 Å². The Kier molecular flexibility index (Phi) is 7.47. The molecule has 9 heteroatoms. The summed E-state index contributed by atoms with van der Waals surface area (Å²) in [5.41, 5.74) is 1.97. The fraction of sp³-hybridized carbons (Fsp3) is 0.167. The van der Waals surface area contributed by atoms with E-state index in [-0.39, 0.29) is 10.8 Å². The van der Waals surface area contributed by atoms with Gasteiger partial charge in [-0.3, -0.25) is 9.59 Å². The third-order valence-corrected chi connectivity index (χ3v) is 6.16. The SMILES string of the molecule is CC(=O)Nc1ccc(S(=O)(=O)N[C@@H](C)C(=O)Nc2ccccc2Oc2ccc(C)cc2)cc1. The zero-order valence-electron chi connectivity index (χ0n) is 18.5. The van der Waals surface area contributed by atoms with E-state index in [1.807, 2.05) is 31.2 Å². The number of rotatable bonds is 8. The molecule has 0 unspecified atom stereocenters. The molecule has 172 valence electrons. The number of carbonyl (C=O) groups is 2. The highest BCUT2D eigenvalue weighted by Gasteiger charge is 2.23. The molecular formula is C24H25N3O5S. The number of para-hydroxylation sites is 2. The first-order valence-corrected chi connectivity index (χ1v) is 11.7. The Morgan fingerprint density at radius 2 is 1.52 bits per heavy atom. The van der Waals surface area contributed by atoms with Gasteiger partial charge in [-0.05, 0) is 62.4 Å². The van der Waals surface area contributed by atoms with E-state index in [1.54, 1.807) is 24.3 Å². The van der Waals surface area contributed by atoms with Crippen molar-refractivity contribution in [2.24, 2.45) is 0 Å². The number of sulfonamides is 1. The van der Waals surface area contributed by atoms with Crippen LogP contribution in [0.15, 0.2) is 77.7 Å². The summed E-state index contributed by atoms with van der Waals surface area (Å²) in [6.07, 6.45) is 0. The van der Waals surface area contributed by atoms with E-state index in [9.17, 15) is 18.0 Å². The highest BCUT2D eigenvalue weighted by Crippen LogP contribution is 2.29. The van der Waals surface area contributed by atoms with Crippen LogP contribution in [0.4, 0.5) is 11.4 Å². The lowest BCUT2D eigenvalue weighted by molar-refractivity contribution is -0.117. The van der Waals surface area contributed by atoms with Crippen LogP contribution < -0.4 is 20.1 Å². The van der Waals surface area contributed by atoms with Crippen LogP contribution in [0.1, 0.15) is 19.4 Å². The van der Waals surface area contributed by atoms with Crippen LogP contribution in [0.2, 0.25) is 0 Å². The van der Waals surface area contributed by atoms with Gasteiger partial charge in [0.15, 0.2) is 5.75 Å². The lowest BCUT2D eigenvalue weighted by atomic mass is 10.2. The number of benzene rings is 3. The molecule has 0 fully saturated rings. The Balaban J connectivity index is 1.68. The molecule has 0 spiro atoms. The minimum absolute atomic E-state index is 0.0284. The van der Waals surface area contributed by atoms with Crippen molar-refractivity contribution in [3.8, 4) is 11.5 Å². The van der Waals surface area contributed by atoms with Crippen molar-refractivity contribution in [2.45, 2.75) is 31.7 Å². The Morgan fingerprint density at radius 3 is 2.15 bits per heavy atom. The predicted molar refractivity (Wildman–Crippen MR) is 127 cm³/mol. The average molecular weight is 468 g/mol. The molecule has 0 saturated carbocycles. The van der Waals surface area contributed by atoms with Gasteiger partial charge in [0.1, 0.15) is 5.75 Å². The molecule has 0 saturated heterocycles. The second kappa shape index (κ2) is 10.3. The molecule has 0 radical (unpaired) electrons. The van der Waals surface area contributed by atoms with Gasteiger partial charge < -0.3 is 15.4 Å². The number of hydrogen-bond donors (Lipinski definition) is 3. The number of aryl methyl sites for hydroxylation is 1. The summed E-state index contributed by atoms with van der Waals surface area (Å²) in [7, 11) is -3.96. The molecule has 0 aliphatic heterocycles. The molecule has 3 aromatic rings. The van der Waals surface area contributed by atoms with Gasteiger partial charge in [0.05, 0.1) is 16.6 Å². The minimum Gasteiger partial charge on any atom is -0.455 e. The number of ether oxygens (including phenoxy) is 1. The maximum Gasteiger partial charge on any atom is 0.242 e. The Morgan fingerprint density at radius 1 is 0.879 bits per heavy atom. The van der Waals surface area contributed by atoms with Crippen molar-refractivity contribution < 1.29 is 22.7 Å². The number of anilines is 2. The fourth-order valence-corrected chi connectivity index (χ4v) is 4.11. The molecule has 3 aromatic carbocycles. The van der Waals surface area contributed by atoms with Gasteiger partial charge in [0.25, 0.3) is 0 Å². The standard InChI is InChI=1S/C24H25N3O5S/c1-16-8-12-20(13-9-16)32-23-7-5-4-6-22(23)26-24(29)17(2)27-33(30,31)21-14-10-19(11-15-21)25-18(3)28/h4-15,17,27H,1-3H3,(H,25,28)(H,26,29)/t17-/m0/s1.